The van der Waals surface area contributed by atoms with Crippen LogP contribution in [0, 0.1) is 0 Å². The summed E-state index contributed by atoms with van der Waals surface area (Å²) in [6, 6.07) is 0. The highest BCUT2D eigenvalue weighted by Gasteiger charge is 2.22. The van der Waals surface area contributed by atoms with Gasteiger partial charge in [-0.2, -0.15) is 0 Å². The number of aromatic amines is 1. The average molecular weight is 263 g/mol. The molecular formula is C13H21N5O. The Morgan fingerprint density at radius 3 is 2.74 bits per heavy atom. The van der Waals surface area contributed by atoms with Crippen molar-refractivity contribution in [3.8, 4) is 0 Å². The molecule has 0 saturated carbocycles. The van der Waals surface area contributed by atoms with Gasteiger partial charge in [0, 0.05) is 44.8 Å². The minimum Gasteiger partial charge on any atom is -0.340 e. The van der Waals surface area contributed by atoms with Crippen LogP contribution in [0.4, 0.5) is 5.95 Å². The molecule has 0 bridgehead atoms. The summed E-state index contributed by atoms with van der Waals surface area (Å²) in [7, 11) is 0. The highest BCUT2D eigenvalue weighted by molar-refractivity contribution is 5.35. The van der Waals surface area contributed by atoms with Crippen LogP contribution in [0.5, 0.6) is 0 Å². The normalized spacial score (nSPS) is 19.7. The van der Waals surface area contributed by atoms with E-state index in [2.05, 4.69) is 19.8 Å². The number of nitrogens with two attached hydrogens (primary N) is 1. The first-order valence-corrected chi connectivity index (χ1v) is 7.07. The molecule has 0 unspecified atom stereocenters. The molecule has 0 atom stereocenters. The summed E-state index contributed by atoms with van der Waals surface area (Å²) in [5.74, 6) is 0.748. The Morgan fingerprint density at radius 2 is 2.00 bits per heavy atom. The summed E-state index contributed by atoms with van der Waals surface area (Å²) in [4.78, 5) is 24.1. The van der Waals surface area contributed by atoms with Gasteiger partial charge in [0.05, 0.1) is 5.69 Å². The van der Waals surface area contributed by atoms with E-state index in [0.717, 1.165) is 69.2 Å². The standard InChI is InChI=1S/C13H21N5O/c14-4-5-17-6-8-18(9-7-17)13-15-11-3-1-2-10(11)12(19)16-13/h1-9,14H2,(H,15,16,19). The van der Waals surface area contributed by atoms with Crippen molar-refractivity contribution in [3.05, 3.63) is 21.6 Å². The molecule has 2 heterocycles. The summed E-state index contributed by atoms with van der Waals surface area (Å²) < 4.78 is 0. The lowest BCUT2D eigenvalue weighted by atomic mass is 10.2. The molecule has 3 rings (SSSR count). The van der Waals surface area contributed by atoms with Crippen LogP contribution in [-0.2, 0) is 12.8 Å². The molecule has 1 aromatic heterocycles. The molecule has 6 heteroatoms. The van der Waals surface area contributed by atoms with Gasteiger partial charge in [-0.05, 0) is 19.3 Å². The topological polar surface area (TPSA) is 78.2 Å². The summed E-state index contributed by atoms with van der Waals surface area (Å²) in [5.41, 5.74) is 7.53. The van der Waals surface area contributed by atoms with Gasteiger partial charge in [-0.25, -0.2) is 4.98 Å². The number of hydrogen-bond acceptors (Lipinski definition) is 5. The zero-order valence-electron chi connectivity index (χ0n) is 11.2. The number of fused-ring (bicyclic) bond motifs is 1. The molecule has 0 aromatic carbocycles. The Balaban J connectivity index is 1.74. The maximum absolute atomic E-state index is 12.0. The van der Waals surface area contributed by atoms with Crippen molar-refractivity contribution >= 4 is 5.95 Å². The first-order valence-electron chi connectivity index (χ1n) is 7.07. The number of anilines is 1. The molecule has 2 aliphatic rings. The molecule has 6 nitrogen and oxygen atoms in total. The van der Waals surface area contributed by atoms with Gasteiger partial charge in [-0.15, -0.1) is 0 Å². The zero-order chi connectivity index (χ0) is 13.2. The van der Waals surface area contributed by atoms with Crippen LogP contribution in [0.1, 0.15) is 17.7 Å². The molecule has 1 aromatic rings. The number of aromatic nitrogens is 2. The third kappa shape index (κ3) is 2.50. The van der Waals surface area contributed by atoms with Crippen molar-refractivity contribution in [2.75, 3.05) is 44.2 Å². The maximum atomic E-state index is 12.0. The number of rotatable bonds is 3. The summed E-state index contributed by atoms with van der Waals surface area (Å²) in [5, 5.41) is 0. The predicted molar refractivity (Wildman–Crippen MR) is 74.6 cm³/mol. The lowest BCUT2D eigenvalue weighted by molar-refractivity contribution is 0.263. The second-order valence-corrected chi connectivity index (χ2v) is 5.29. The molecule has 1 aliphatic carbocycles. The number of nitrogens with zero attached hydrogens (tertiary/aromatic N) is 3. The molecular weight excluding hydrogens is 242 g/mol. The lowest BCUT2D eigenvalue weighted by Gasteiger charge is -2.34. The first kappa shape index (κ1) is 12.6. The van der Waals surface area contributed by atoms with Gasteiger partial charge in [0.25, 0.3) is 5.56 Å². The Kier molecular flexibility index (Phi) is 3.52. The van der Waals surface area contributed by atoms with Gasteiger partial charge in [0.15, 0.2) is 0 Å². The van der Waals surface area contributed by atoms with E-state index in [1.165, 1.54) is 0 Å². The molecule has 3 N–H and O–H groups in total. The molecule has 1 fully saturated rings. The summed E-state index contributed by atoms with van der Waals surface area (Å²) in [6.45, 7) is 5.43. The van der Waals surface area contributed by atoms with Crippen molar-refractivity contribution in [2.24, 2.45) is 5.73 Å². The Bertz CT molecular complexity index is 504. The van der Waals surface area contributed by atoms with E-state index in [-0.39, 0.29) is 5.56 Å². The quantitative estimate of drug-likeness (QED) is 0.757. The van der Waals surface area contributed by atoms with Gasteiger partial charge in [0.2, 0.25) is 5.95 Å². The first-order chi connectivity index (χ1) is 9.28. The number of hydrogen-bond donors (Lipinski definition) is 2. The van der Waals surface area contributed by atoms with E-state index in [9.17, 15) is 4.79 Å². The van der Waals surface area contributed by atoms with Gasteiger partial charge in [-0.1, -0.05) is 0 Å². The van der Waals surface area contributed by atoms with E-state index in [4.69, 9.17) is 5.73 Å². The minimum atomic E-state index is 0.0573. The van der Waals surface area contributed by atoms with Crippen LogP contribution < -0.4 is 16.2 Å². The van der Waals surface area contributed by atoms with Crippen LogP contribution in [0.25, 0.3) is 0 Å². The summed E-state index contributed by atoms with van der Waals surface area (Å²) in [6.07, 6.45) is 2.88. The Labute approximate surface area is 112 Å². The van der Waals surface area contributed by atoms with E-state index in [1.807, 2.05) is 0 Å². The van der Waals surface area contributed by atoms with Gasteiger partial charge in [0.1, 0.15) is 0 Å². The second-order valence-electron chi connectivity index (χ2n) is 5.29. The molecule has 0 radical (unpaired) electrons. The SMILES string of the molecule is NCCN1CCN(c2nc3c(c(=O)[nH]2)CCC3)CC1. The van der Waals surface area contributed by atoms with Crippen LogP contribution in [0.2, 0.25) is 0 Å². The zero-order valence-corrected chi connectivity index (χ0v) is 11.2. The third-order valence-corrected chi connectivity index (χ3v) is 4.05. The molecule has 1 saturated heterocycles. The minimum absolute atomic E-state index is 0.0573. The smallest absolute Gasteiger partial charge is 0.255 e. The lowest BCUT2D eigenvalue weighted by Crippen LogP contribution is -2.48. The van der Waals surface area contributed by atoms with Crippen LogP contribution >= 0.6 is 0 Å². The molecule has 0 amide bonds. The number of H-pyrrole nitrogens is 1. The third-order valence-electron chi connectivity index (χ3n) is 4.05. The molecule has 104 valence electrons. The van der Waals surface area contributed by atoms with Crippen LogP contribution in [0.15, 0.2) is 4.79 Å². The highest BCUT2D eigenvalue weighted by atomic mass is 16.1. The highest BCUT2D eigenvalue weighted by Crippen LogP contribution is 2.18. The van der Waals surface area contributed by atoms with Crippen molar-refractivity contribution in [1.82, 2.24) is 14.9 Å². The summed E-state index contributed by atoms with van der Waals surface area (Å²) >= 11 is 0. The fourth-order valence-corrected chi connectivity index (χ4v) is 2.94. The fourth-order valence-electron chi connectivity index (χ4n) is 2.94. The largest absolute Gasteiger partial charge is 0.340 e. The molecule has 0 spiro atoms. The Hall–Kier alpha value is -1.40. The van der Waals surface area contributed by atoms with Crippen molar-refractivity contribution in [1.29, 1.82) is 0 Å². The maximum Gasteiger partial charge on any atom is 0.255 e. The van der Waals surface area contributed by atoms with E-state index < -0.39 is 0 Å². The number of piperazine rings is 1. The van der Waals surface area contributed by atoms with E-state index >= 15 is 0 Å². The van der Waals surface area contributed by atoms with Crippen molar-refractivity contribution < 1.29 is 0 Å². The monoisotopic (exact) mass is 263 g/mol. The molecule has 1 aliphatic heterocycles. The molecule has 19 heavy (non-hydrogen) atoms. The second kappa shape index (κ2) is 5.30. The van der Waals surface area contributed by atoms with Gasteiger partial charge < -0.3 is 10.6 Å². The number of nitrogens with one attached hydrogen (secondary N) is 1. The predicted octanol–water partition coefficient (Wildman–Crippen LogP) is -0.661. The van der Waals surface area contributed by atoms with E-state index in [0.29, 0.717) is 6.54 Å². The van der Waals surface area contributed by atoms with Crippen molar-refractivity contribution in [2.45, 2.75) is 19.3 Å². The number of aryl methyl sites for hydroxylation is 1. The van der Waals surface area contributed by atoms with Gasteiger partial charge >= 0.3 is 0 Å². The Morgan fingerprint density at radius 1 is 1.21 bits per heavy atom. The van der Waals surface area contributed by atoms with Crippen LogP contribution in [-0.4, -0.2) is 54.1 Å². The van der Waals surface area contributed by atoms with Crippen molar-refractivity contribution in [3.63, 3.8) is 0 Å². The average Bonchev–Trinajstić information content (AvgIpc) is 2.89. The van der Waals surface area contributed by atoms with E-state index in [1.54, 1.807) is 0 Å². The van der Waals surface area contributed by atoms with Crippen LogP contribution in [0.3, 0.4) is 0 Å². The van der Waals surface area contributed by atoms with Gasteiger partial charge in [-0.3, -0.25) is 14.7 Å². The fraction of sp³-hybridized carbons (Fsp3) is 0.692.